The first-order valence-corrected chi connectivity index (χ1v) is 12.5. The number of hydrogen-bond donors (Lipinski definition) is 1. The van der Waals surface area contributed by atoms with Gasteiger partial charge in [0.25, 0.3) is 10.8 Å². The van der Waals surface area contributed by atoms with Gasteiger partial charge in [0.05, 0.1) is 9.82 Å². The molecule has 33 heavy (non-hydrogen) atoms. The number of rotatable bonds is 6. The van der Waals surface area contributed by atoms with Crippen LogP contribution in [0.4, 0.5) is 10.1 Å². The lowest BCUT2D eigenvalue weighted by atomic mass is 10.2. The molecule has 0 saturated heterocycles. The first-order valence-electron chi connectivity index (χ1n) is 9.30. The number of halogens is 1. The number of nitrogens with zero attached hydrogens (tertiary/aromatic N) is 2. The largest absolute Gasteiger partial charge is 0.371 e. The lowest BCUT2D eigenvalue weighted by Crippen LogP contribution is -2.33. The molecule has 1 atom stereocenters. The number of nitrogens with one attached hydrogen (secondary N) is 1. The quantitative estimate of drug-likeness (QED) is 0.389. The second kappa shape index (κ2) is 9.33. The van der Waals surface area contributed by atoms with Gasteiger partial charge in [-0.3, -0.25) is 19.9 Å². The molecule has 0 radical (unpaired) electrons. The van der Waals surface area contributed by atoms with Gasteiger partial charge in [-0.05, 0) is 42.5 Å². The molecule has 168 valence electrons. The molecule has 0 amide bonds. The van der Waals surface area contributed by atoms with E-state index in [2.05, 4.69) is 10.3 Å². The summed E-state index contributed by atoms with van der Waals surface area (Å²) < 4.78 is 38.7. The first kappa shape index (κ1) is 23.0. The molecule has 4 rings (SSSR count). The van der Waals surface area contributed by atoms with Gasteiger partial charge in [-0.1, -0.05) is 23.5 Å². The van der Waals surface area contributed by atoms with Crippen molar-refractivity contribution in [2.24, 2.45) is 0 Å². The number of carbonyl (C=O) groups excluding carboxylic acids is 1. The third-order valence-corrected chi connectivity index (χ3v) is 8.58. The maximum Gasteiger partial charge on any atom is 0.283 e. The van der Waals surface area contributed by atoms with Crippen LogP contribution in [0.5, 0.6) is 0 Å². The predicted molar refractivity (Wildman–Crippen MR) is 123 cm³/mol. The lowest BCUT2D eigenvalue weighted by Gasteiger charge is -2.12. The van der Waals surface area contributed by atoms with Crippen LogP contribution in [0, 0.1) is 15.9 Å². The van der Waals surface area contributed by atoms with Crippen molar-refractivity contribution in [3.63, 3.8) is 0 Å². The molecule has 1 aliphatic heterocycles. The van der Waals surface area contributed by atoms with Crippen molar-refractivity contribution in [1.82, 2.24) is 10.3 Å². The van der Waals surface area contributed by atoms with E-state index in [1.54, 1.807) is 36.8 Å². The average Bonchev–Trinajstić information content (AvgIpc) is 3.30. The summed E-state index contributed by atoms with van der Waals surface area (Å²) in [6.45, 7) is 0. The van der Waals surface area contributed by atoms with Gasteiger partial charge in [0.15, 0.2) is 5.37 Å². The predicted octanol–water partition coefficient (Wildman–Crippen LogP) is 4.24. The second-order valence-electron chi connectivity index (χ2n) is 6.67. The molecule has 0 fully saturated rings. The van der Waals surface area contributed by atoms with Gasteiger partial charge in [0, 0.05) is 51.0 Å². The molecule has 2 aromatic carbocycles. The number of thioether (sulfide) groups is 1. The maximum atomic E-state index is 13.2. The van der Waals surface area contributed by atoms with Gasteiger partial charge in [-0.2, -0.15) is 0 Å². The van der Waals surface area contributed by atoms with E-state index < -0.39 is 25.2 Å². The summed E-state index contributed by atoms with van der Waals surface area (Å²) in [7, 11) is -4.36. The van der Waals surface area contributed by atoms with Gasteiger partial charge in [-0.15, -0.1) is 0 Å². The number of nitro benzene ring substituents is 1. The normalized spacial score (nSPS) is 15.5. The molecule has 8 nitrogen and oxygen atoms in total. The standard InChI is InChI=1S/C21H14FN3O5S3/c22-13-1-5-15(6-2-13)31-18-11-23-10-9-17(18)19-12-24-20(32-19)21(26)33(29,30)16-7-3-14(4-8-16)25(27)28/h1-12,20,24H. The summed E-state index contributed by atoms with van der Waals surface area (Å²) in [5, 5.41) is 11.4. The van der Waals surface area contributed by atoms with Crippen LogP contribution >= 0.6 is 23.5 Å². The molecular formula is C21H14FN3O5S3. The monoisotopic (exact) mass is 503 g/mol. The maximum absolute atomic E-state index is 13.2. The number of hydrogen-bond acceptors (Lipinski definition) is 9. The Morgan fingerprint density at radius 1 is 1.12 bits per heavy atom. The highest BCUT2D eigenvalue weighted by Crippen LogP contribution is 2.41. The Balaban J connectivity index is 1.52. The molecule has 1 aliphatic rings. The highest BCUT2D eigenvalue weighted by atomic mass is 32.2. The average molecular weight is 504 g/mol. The van der Waals surface area contributed by atoms with E-state index in [0.717, 1.165) is 51.4 Å². The van der Waals surface area contributed by atoms with E-state index >= 15 is 0 Å². The summed E-state index contributed by atoms with van der Waals surface area (Å²) in [5.74, 6) is -0.348. The molecule has 0 saturated carbocycles. The van der Waals surface area contributed by atoms with Crippen molar-refractivity contribution in [1.29, 1.82) is 0 Å². The van der Waals surface area contributed by atoms with Crippen LogP contribution < -0.4 is 5.32 Å². The summed E-state index contributed by atoms with van der Waals surface area (Å²) in [4.78, 5) is 28.9. The zero-order chi connectivity index (χ0) is 23.6. The number of nitro groups is 1. The third kappa shape index (κ3) is 4.92. The van der Waals surface area contributed by atoms with Crippen molar-refractivity contribution in [2.45, 2.75) is 20.1 Å². The Hall–Kier alpha value is -3.22. The molecule has 1 aromatic heterocycles. The van der Waals surface area contributed by atoms with Crippen LogP contribution in [0.3, 0.4) is 0 Å². The number of sulfone groups is 1. The zero-order valence-electron chi connectivity index (χ0n) is 16.5. The third-order valence-electron chi connectivity index (χ3n) is 4.54. The van der Waals surface area contributed by atoms with E-state index in [-0.39, 0.29) is 16.4 Å². The number of non-ortho nitro benzene ring substituents is 1. The summed E-state index contributed by atoms with van der Waals surface area (Å²) in [6.07, 6.45) is 4.77. The zero-order valence-corrected chi connectivity index (χ0v) is 19.0. The Bertz CT molecular complexity index is 1360. The van der Waals surface area contributed by atoms with E-state index in [4.69, 9.17) is 0 Å². The summed E-state index contributed by atoms with van der Waals surface area (Å²) >= 11 is 2.40. The summed E-state index contributed by atoms with van der Waals surface area (Å²) in [5.41, 5.74) is 0.461. The number of aromatic nitrogens is 1. The topological polar surface area (TPSA) is 119 Å². The SMILES string of the molecule is O=C(C1NC=C(c2ccncc2Sc2ccc(F)cc2)S1)S(=O)(=O)c1ccc([N+](=O)[O-])cc1. The Morgan fingerprint density at radius 3 is 2.48 bits per heavy atom. The van der Waals surface area contributed by atoms with Crippen LogP contribution in [-0.4, -0.2) is 28.8 Å². The minimum atomic E-state index is -4.36. The van der Waals surface area contributed by atoms with Gasteiger partial charge in [0.1, 0.15) is 5.82 Å². The smallest absolute Gasteiger partial charge is 0.283 e. The van der Waals surface area contributed by atoms with Crippen LogP contribution in [-0.2, 0) is 14.6 Å². The molecule has 0 bridgehead atoms. The molecule has 0 spiro atoms. The molecule has 1 N–H and O–H groups in total. The fraction of sp³-hybridized carbons (Fsp3) is 0.0476. The number of benzene rings is 2. The van der Waals surface area contributed by atoms with Crippen LogP contribution in [0.25, 0.3) is 4.91 Å². The molecule has 2 heterocycles. The molecule has 0 aliphatic carbocycles. The summed E-state index contributed by atoms with van der Waals surface area (Å²) in [6, 6.07) is 11.9. The van der Waals surface area contributed by atoms with Crippen LogP contribution in [0.2, 0.25) is 0 Å². The Kier molecular flexibility index (Phi) is 6.49. The van der Waals surface area contributed by atoms with E-state index in [0.29, 0.717) is 4.91 Å². The van der Waals surface area contributed by atoms with Crippen LogP contribution in [0.1, 0.15) is 5.56 Å². The molecule has 12 heteroatoms. The lowest BCUT2D eigenvalue weighted by molar-refractivity contribution is -0.384. The number of carbonyl (C=O) groups is 1. The van der Waals surface area contributed by atoms with Gasteiger partial charge in [-0.25, -0.2) is 12.8 Å². The van der Waals surface area contributed by atoms with Crippen molar-refractivity contribution in [2.75, 3.05) is 0 Å². The van der Waals surface area contributed by atoms with E-state index in [9.17, 15) is 27.7 Å². The van der Waals surface area contributed by atoms with Gasteiger partial charge >= 0.3 is 0 Å². The molecule has 1 unspecified atom stereocenters. The first-order chi connectivity index (χ1) is 15.8. The van der Waals surface area contributed by atoms with Gasteiger partial charge in [0.2, 0.25) is 9.84 Å². The van der Waals surface area contributed by atoms with E-state index in [1.807, 2.05) is 0 Å². The second-order valence-corrected chi connectivity index (χ2v) is 10.8. The van der Waals surface area contributed by atoms with Crippen LogP contribution in [0.15, 0.2) is 87.9 Å². The fourth-order valence-corrected chi connectivity index (χ4v) is 6.42. The van der Waals surface area contributed by atoms with E-state index in [1.165, 1.54) is 23.9 Å². The van der Waals surface area contributed by atoms with Crippen molar-refractivity contribution in [3.05, 3.63) is 94.7 Å². The number of pyridine rings is 1. The minimum absolute atomic E-state index is 0.275. The Labute approximate surface area is 196 Å². The van der Waals surface area contributed by atoms with Gasteiger partial charge < -0.3 is 5.32 Å². The Morgan fingerprint density at radius 2 is 1.82 bits per heavy atom. The molecule has 3 aromatic rings. The van der Waals surface area contributed by atoms with Crippen molar-refractivity contribution >= 4 is 49.1 Å². The highest BCUT2D eigenvalue weighted by Gasteiger charge is 2.36. The fourth-order valence-electron chi connectivity index (χ4n) is 2.90. The minimum Gasteiger partial charge on any atom is -0.371 e. The van der Waals surface area contributed by atoms with Crippen molar-refractivity contribution in [3.8, 4) is 0 Å². The molecular weight excluding hydrogens is 489 g/mol. The van der Waals surface area contributed by atoms with Crippen molar-refractivity contribution < 1.29 is 22.5 Å². The highest BCUT2D eigenvalue weighted by molar-refractivity contribution is 8.14.